The molecule has 0 fully saturated rings. The van der Waals surface area contributed by atoms with Gasteiger partial charge in [0, 0.05) is 5.69 Å². The summed E-state index contributed by atoms with van der Waals surface area (Å²) in [5.41, 5.74) is 7.72. The molecular formula is C17H19ClN2O. The molecule has 0 saturated carbocycles. The second kappa shape index (κ2) is 7.14. The largest absolute Gasteiger partial charge is 0.378 e. The van der Waals surface area contributed by atoms with Crippen molar-refractivity contribution in [2.24, 2.45) is 5.73 Å². The molecule has 21 heavy (non-hydrogen) atoms. The monoisotopic (exact) mass is 302 g/mol. The maximum absolute atomic E-state index is 11.2. The lowest BCUT2D eigenvalue weighted by molar-refractivity contribution is 0.100. The summed E-state index contributed by atoms with van der Waals surface area (Å²) in [6.07, 6.45) is 2.08. The number of carbonyl (C=O) groups excluding carboxylic acids is 1. The van der Waals surface area contributed by atoms with Gasteiger partial charge in [-0.3, -0.25) is 4.79 Å². The molecule has 0 aromatic heterocycles. The first kappa shape index (κ1) is 15.4. The van der Waals surface area contributed by atoms with Crippen LogP contribution >= 0.6 is 11.6 Å². The van der Waals surface area contributed by atoms with Crippen molar-refractivity contribution < 1.29 is 4.79 Å². The second-order valence-electron chi connectivity index (χ2n) is 4.96. The lowest BCUT2D eigenvalue weighted by Crippen LogP contribution is -2.13. The average molecular weight is 303 g/mol. The molecule has 0 heterocycles. The molecule has 2 aromatic rings. The number of hydrogen-bond donors (Lipinski definition) is 2. The number of carbonyl (C=O) groups is 1. The number of anilines is 1. The molecule has 1 atom stereocenters. The van der Waals surface area contributed by atoms with E-state index in [1.807, 2.05) is 24.3 Å². The molecule has 3 N–H and O–H groups in total. The standard InChI is InChI=1S/C17H19ClN2O/c1-2-6-16(12-7-4-3-5-8-12)20-13-9-10-14(17(19)21)15(18)11-13/h3-5,7-11,16,20H,2,6H2,1H3,(H2,19,21). The van der Waals surface area contributed by atoms with Gasteiger partial charge in [-0.05, 0) is 30.2 Å². The summed E-state index contributed by atoms with van der Waals surface area (Å²) in [6, 6.07) is 15.7. The lowest BCUT2D eigenvalue weighted by atomic mass is 10.0. The highest BCUT2D eigenvalue weighted by Crippen LogP contribution is 2.27. The fourth-order valence-electron chi connectivity index (χ4n) is 2.30. The van der Waals surface area contributed by atoms with Crippen LogP contribution in [0.1, 0.15) is 41.7 Å². The van der Waals surface area contributed by atoms with E-state index >= 15 is 0 Å². The van der Waals surface area contributed by atoms with Crippen molar-refractivity contribution >= 4 is 23.2 Å². The van der Waals surface area contributed by atoms with Crippen LogP contribution in [0.3, 0.4) is 0 Å². The lowest BCUT2D eigenvalue weighted by Gasteiger charge is -2.20. The highest BCUT2D eigenvalue weighted by atomic mass is 35.5. The normalized spacial score (nSPS) is 11.9. The van der Waals surface area contributed by atoms with E-state index in [1.165, 1.54) is 5.56 Å². The van der Waals surface area contributed by atoms with Gasteiger partial charge in [0.1, 0.15) is 0 Å². The first-order valence-corrected chi connectivity index (χ1v) is 7.40. The van der Waals surface area contributed by atoms with E-state index in [1.54, 1.807) is 12.1 Å². The molecule has 3 nitrogen and oxygen atoms in total. The Balaban J connectivity index is 2.21. The van der Waals surface area contributed by atoms with Gasteiger partial charge in [0.2, 0.25) is 5.91 Å². The van der Waals surface area contributed by atoms with Crippen molar-refractivity contribution in [3.63, 3.8) is 0 Å². The zero-order valence-electron chi connectivity index (χ0n) is 12.0. The molecule has 0 spiro atoms. The van der Waals surface area contributed by atoms with Gasteiger partial charge in [-0.25, -0.2) is 0 Å². The number of amides is 1. The molecule has 2 aromatic carbocycles. The van der Waals surface area contributed by atoms with E-state index < -0.39 is 5.91 Å². The summed E-state index contributed by atoms with van der Waals surface area (Å²) < 4.78 is 0. The first-order valence-electron chi connectivity index (χ1n) is 7.02. The highest BCUT2D eigenvalue weighted by Gasteiger charge is 2.12. The third-order valence-corrected chi connectivity index (χ3v) is 3.67. The van der Waals surface area contributed by atoms with Crippen LogP contribution in [0.2, 0.25) is 5.02 Å². The van der Waals surface area contributed by atoms with E-state index in [0.29, 0.717) is 10.6 Å². The zero-order chi connectivity index (χ0) is 15.2. The first-order chi connectivity index (χ1) is 10.1. The Kier molecular flexibility index (Phi) is 5.23. The van der Waals surface area contributed by atoms with Crippen LogP contribution in [-0.4, -0.2) is 5.91 Å². The summed E-state index contributed by atoms with van der Waals surface area (Å²) >= 11 is 6.09. The van der Waals surface area contributed by atoms with Crippen molar-refractivity contribution in [2.75, 3.05) is 5.32 Å². The van der Waals surface area contributed by atoms with E-state index in [2.05, 4.69) is 24.4 Å². The topological polar surface area (TPSA) is 55.1 Å². The number of nitrogens with one attached hydrogen (secondary N) is 1. The SMILES string of the molecule is CCCC(Nc1ccc(C(N)=O)c(Cl)c1)c1ccccc1. The maximum Gasteiger partial charge on any atom is 0.250 e. The molecule has 0 aliphatic carbocycles. The van der Waals surface area contributed by atoms with Crippen LogP contribution in [-0.2, 0) is 0 Å². The van der Waals surface area contributed by atoms with Crippen LogP contribution in [0.25, 0.3) is 0 Å². The number of primary amides is 1. The van der Waals surface area contributed by atoms with E-state index in [9.17, 15) is 4.79 Å². The molecule has 0 saturated heterocycles. The molecule has 1 unspecified atom stereocenters. The summed E-state index contributed by atoms with van der Waals surface area (Å²) in [4.78, 5) is 11.2. The number of rotatable bonds is 6. The Hall–Kier alpha value is -2.00. The average Bonchev–Trinajstić information content (AvgIpc) is 2.47. The van der Waals surface area contributed by atoms with Gasteiger partial charge in [0.25, 0.3) is 0 Å². The van der Waals surface area contributed by atoms with Gasteiger partial charge in [-0.2, -0.15) is 0 Å². The Labute approximate surface area is 130 Å². The Morgan fingerprint density at radius 3 is 2.52 bits per heavy atom. The van der Waals surface area contributed by atoms with Crippen LogP contribution in [0.15, 0.2) is 48.5 Å². The highest BCUT2D eigenvalue weighted by molar-refractivity contribution is 6.34. The predicted octanol–water partition coefficient (Wildman–Crippen LogP) is 4.39. The van der Waals surface area contributed by atoms with Gasteiger partial charge < -0.3 is 11.1 Å². The minimum Gasteiger partial charge on any atom is -0.378 e. The number of halogens is 1. The summed E-state index contributed by atoms with van der Waals surface area (Å²) in [5, 5.41) is 3.84. The van der Waals surface area contributed by atoms with E-state index in [4.69, 9.17) is 17.3 Å². The van der Waals surface area contributed by atoms with Crippen LogP contribution in [0.5, 0.6) is 0 Å². The van der Waals surface area contributed by atoms with Gasteiger partial charge in [0.15, 0.2) is 0 Å². The molecule has 4 heteroatoms. The third kappa shape index (κ3) is 3.99. The van der Waals surface area contributed by atoms with Crippen molar-refractivity contribution in [3.05, 3.63) is 64.7 Å². The molecule has 110 valence electrons. The van der Waals surface area contributed by atoms with Gasteiger partial charge >= 0.3 is 0 Å². The quantitative estimate of drug-likeness (QED) is 0.831. The fourth-order valence-corrected chi connectivity index (χ4v) is 2.58. The Morgan fingerprint density at radius 1 is 1.24 bits per heavy atom. The minimum atomic E-state index is -0.514. The molecule has 0 bridgehead atoms. The van der Waals surface area contributed by atoms with E-state index in [0.717, 1.165) is 18.5 Å². The van der Waals surface area contributed by atoms with Crippen LogP contribution in [0, 0.1) is 0 Å². The zero-order valence-corrected chi connectivity index (χ0v) is 12.7. The molecular weight excluding hydrogens is 284 g/mol. The number of benzene rings is 2. The van der Waals surface area contributed by atoms with Gasteiger partial charge in [-0.15, -0.1) is 0 Å². The summed E-state index contributed by atoms with van der Waals surface area (Å²) in [5.74, 6) is -0.514. The van der Waals surface area contributed by atoms with Crippen molar-refractivity contribution in [3.8, 4) is 0 Å². The predicted molar refractivity (Wildman–Crippen MR) is 87.7 cm³/mol. The van der Waals surface area contributed by atoms with Gasteiger partial charge in [0.05, 0.1) is 16.6 Å². The van der Waals surface area contributed by atoms with Crippen LogP contribution < -0.4 is 11.1 Å². The smallest absolute Gasteiger partial charge is 0.250 e. The molecule has 0 aliphatic heterocycles. The number of nitrogens with two attached hydrogens (primary N) is 1. The maximum atomic E-state index is 11.2. The molecule has 2 rings (SSSR count). The van der Waals surface area contributed by atoms with Crippen LogP contribution in [0.4, 0.5) is 5.69 Å². The van der Waals surface area contributed by atoms with Gasteiger partial charge in [-0.1, -0.05) is 55.3 Å². The molecule has 0 radical (unpaired) electrons. The van der Waals surface area contributed by atoms with Crippen molar-refractivity contribution in [1.82, 2.24) is 0 Å². The van der Waals surface area contributed by atoms with E-state index in [-0.39, 0.29) is 6.04 Å². The molecule has 0 aliphatic rings. The second-order valence-corrected chi connectivity index (χ2v) is 5.36. The Morgan fingerprint density at radius 2 is 1.95 bits per heavy atom. The Bertz CT molecular complexity index is 613. The fraction of sp³-hybridized carbons (Fsp3) is 0.235. The van der Waals surface area contributed by atoms with Crippen molar-refractivity contribution in [1.29, 1.82) is 0 Å². The molecule has 1 amide bonds. The summed E-state index contributed by atoms with van der Waals surface area (Å²) in [7, 11) is 0. The summed E-state index contributed by atoms with van der Waals surface area (Å²) in [6.45, 7) is 2.15. The number of hydrogen-bond acceptors (Lipinski definition) is 2. The minimum absolute atomic E-state index is 0.215. The van der Waals surface area contributed by atoms with Crippen molar-refractivity contribution in [2.45, 2.75) is 25.8 Å². The third-order valence-electron chi connectivity index (χ3n) is 3.35.